The van der Waals surface area contributed by atoms with Gasteiger partial charge in [0.25, 0.3) is 0 Å². The van der Waals surface area contributed by atoms with Crippen molar-refractivity contribution in [3.8, 4) is 5.75 Å². The Morgan fingerprint density at radius 3 is 2.15 bits per heavy atom. The second-order valence-electron chi connectivity index (χ2n) is 4.76. The summed E-state index contributed by atoms with van der Waals surface area (Å²) in [5.74, 6) is -0.291. The van der Waals surface area contributed by atoms with E-state index in [1.807, 2.05) is 0 Å². The van der Waals surface area contributed by atoms with Gasteiger partial charge in [0.1, 0.15) is 11.5 Å². The molecule has 0 bridgehead atoms. The number of benzene rings is 1. The molecular weight excluding hydrogens is 405 g/mol. The number of alkyl halides is 5. The fourth-order valence-electron chi connectivity index (χ4n) is 1.57. The highest BCUT2D eigenvalue weighted by molar-refractivity contribution is 9.09. The second kappa shape index (κ2) is 6.47. The lowest BCUT2D eigenvalue weighted by atomic mass is 9.82. The minimum absolute atomic E-state index is 0.00464. The number of carbonyl (C=O) groups is 1. The minimum atomic E-state index is -4.71. The topological polar surface area (TPSA) is 26.3 Å². The SMILES string of the molecule is CC(C)(C(=O)CBr)C(Br)c1ccc(OC(F)(F)F)cc1. The van der Waals surface area contributed by atoms with Gasteiger partial charge in [0, 0.05) is 5.41 Å². The Hall–Kier alpha value is -0.560. The van der Waals surface area contributed by atoms with Crippen LogP contribution in [0.5, 0.6) is 5.75 Å². The standard InChI is InChI=1S/C13H13Br2F3O2/c1-12(2,10(19)7-14)11(15)8-3-5-9(6-4-8)20-13(16,17)18/h3-6,11H,7H2,1-2H3. The average Bonchev–Trinajstić information content (AvgIpc) is 2.35. The molecule has 0 aliphatic carbocycles. The molecule has 0 aromatic heterocycles. The van der Waals surface area contributed by atoms with Crippen LogP contribution >= 0.6 is 31.9 Å². The Balaban J connectivity index is 2.91. The van der Waals surface area contributed by atoms with Crippen LogP contribution in [-0.4, -0.2) is 17.5 Å². The summed E-state index contributed by atoms with van der Waals surface area (Å²) in [5.41, 5.74) is 0.0226. The van der Waals surface area contributed by atoms with Gasteiger partial charge >= 0.3 is 6.36 Å². The van der Waals surface area contributed by atoms with Crippen LogP contribution in [0.15, 0.2) is 24.3 Å². The third-order valence-electron chi connectivity index (χ3n) is 2.88. The number of ketones is 1. The molecule has 2 nitrogen and oxygen atoms in total. The van der Waals surface area contributed by atoms with E-state index in [4.69, 9.17) is 0 Å². The first-order valence-electron chi connectivity index (χ1n) is 5.67. The van der Waals surface area contributed by atoms with Crippen LogP contribution in [0, 0.1) is 5.41 Å². The molecule has 1 aromatic rings. The summed E-state index contributed by atoms with van der Waals surface area (Å²) in [5, 5.41) is 0.220. The van der Waals surface area contributed by atoms with Gasteiger partial charge in [0.05, 0.1) is 10.2 Å². The van der Waals surface area contributed by atoms with Crippen molar-refractivity contribution in [1.82, 2.24) is 0 Å². The third kappa shape index (κ3) is 4.48. The van der Waals surface area contributed by atoms with Gasteiger partial charge in [-0.2, -0.15) is 0 Å². The number of hydrogen-bond donors (Lipinski definition) is 0. The van der Waals surface area contributed by atoms with Gasteiger partial charge in [-0.3, -0.25) is 4.79 Å². The van der Waals surface area contributed by atoms with Crippen molar-refractivity contribution in [2.24, 2.45) is 5.41 Å². The molecule has 0 saturated carbocycles. The van der Waals surface area contributed by atoms with Crippen LogP contribution in [0.3, 0.4) is 0 Å². The molecule has 0 N–H and O–H groups in total. The zero-order valence-electron chi connectivity index (χ0n) is 10.8. The molecule has 7 heteroatoms. The summed E-state index contributed by atoms with van der Waals surface area (Å²) >= 11 is 6.55. The Kier molecular flexibility index (Phi) is 5.66. The zero-order valence-corrected chi connectivity index (χ0v) is 14.0. The molecule has 0 amide bonds. The van der Waals surface area contributed by atoms with Crippen LogP contribution < -0.4 is 4.74 Å². The van der Waals surface area contributed by atoms with E-state index in [0.29, 0.717) is 5.56 Å². The lowest BCUT2D eigenvalue weighted by Gasteiger charge is -2.28. The van der Waals surface area contributed by atoms with E-state index in [0.717, 1.165) is 0 Å². The van der Waals surface area contributed by atoms with E-state index in [1.54, 1.807) is 13.8 Å². The normalized spacial score (nSPS) is 13.9. The van der Waals surface area contributed by atoms with E-state index in [1.165, 1.54) is 24.3 Å². The smallest absolute Gasteiger partial charge is 0.406 e. The summed E-state index contributed by atoms with van der Waals surface area (Å²) in [4.78, 5) is 11.5. The largest absolute Gasteiger partial charge is 0.573 e. The van der Waals surface area contributed by atoms with Crippen molar-refractivity contribution in [3.63, 3.8) is 0 Å². The monoisotopic (exact) mass is 416 g/mol. The molecule has 0 spiro atoms. The van der Waals surface area contributed by atoms with E-state index in [9.17, 15) is 18.0 Å². The van der Waals surface area contributed by atoms with Gasteiger partial charge < -0.3 is 4.74 Å². The summed E-state index contributed by atoms with van der Waals surface area (Å²) in [6.07, 6.45) is -4.71. The first-order chi connectivity index (χ1) is 9.08. The first-order valence-corrected chi connectivity index (χ1v) is 7.70. The summed E-state index contributed by atoms with van der Waals surface area (Å²) in [6, 6.07) is 5.46. The second-order valence-corrected chi connectivity index (χ2v) is 6.23. The molecule has 1 aromatic carbocycles. The number of halogens is 5. The van der Waals surface area contributed by atoms with Crippen molar-refractivity contribution >= 4 is 37.6 Å². The average molecular weight is 418 g/mol. The van der Waals surface area contributed by atoms with Crippen LogP contribution in [-0.2, 0) is 4.79 Å². The highest BCUT2D eigenvalue weighted by atomic mass is 79.9. The van der Waals surface area contributed by atoms with E-state index in [2.05, 4.69) is 36.6 Å². The highest BCUT2D eigenvalue weighted by Gasteiger charge is 2.35. The van der Waals surface area contributed by atoms with Gasteiger partial charge in [-0.1, -0.05) is 57.8 Å². The van der Waals surface area contributed by atoms with Crippen LogP contribution in [0.4, 0.5) is 13.2 Å². The molecule has 112 valence electrons. The van der Waals surface area contributed by atoms with Crippen molar-refractivity contribution < 1.29 is 22.7 Å². The fourth-order valence-corrected chi connectivity index (χ4v) is 2.85. The van der Waals surface area contributed by atoms with E-state index in [-0.39, 0.29) is 21.7 Å². The first kappa shape index (κ1) is 17.5. The molecule has 1 rings (SSSR count). The molecule has 20 heavy (non-hydrogen) atoms. The summed E-state index contributed by atoms with van der Waals surface area (Å²) < 4.78 is 40.0. The van der Waals surface area contributed by atoms with Gasteiger partial charge in [-0.05, 0) is 17.7 Å². The van der Waals surface area contributed by atoms with E-state index < -0.39 is 11.8 Å². The van der Waals surface area contributed by atoms with Gasteiger partial charge in [-0.15, -0.1) is 13.2 Å². The zero-order chi connectivity index (χ0) is 15.6. The number of Topliss-reactive ketones (excluding diaryl/α,β-unsaturated/α-hetero) is 1. The van der Waals surface area contributed by atoms with Crippen molar-refractivity contribution in [1.29, 1.82) is 0 Å². The lowest BCUT2D eigenvalue weighted by Crippen LogP contribution is -2.29. The quantitative estimate of drug-likeness (QED) is 0.629. The Labute approximate surface area is 131 Å². The maximum Gasteiger partial charge on any atom is 0.573 e. The number of hydrogen-bond acceptors (Lipinski definition) is 2. The molecule has 0 fully saturated rings. The minimum Gasteiger partial charge on any atom is -0.406 e. The predicted octanol–water partition coefficient (Wildman–Crippen LogP) is 5.01. The van der Waals surface area contributed by atoms with Crippen LogP contribution in [0.1, 0.15) is 24.2 Å². The van der Waals surface area contributed by atoms with Crippen LogP contribution in [0.25, 0.3) is 0 Å². The molecule has 0 aliphatic heterocycles. The maximum absolute atomic E-state index is 12.1. The maximum atomic E-state index is 12.1. The number of carbonyl (C=O) groups excluding carboxylic acids is 1. The van der Waals surface area contributed by atoms with Crippen molar-refractivity contribution in [2.45, 2.75) is 25.0 Å². The van der Waals surface area contributed by atoms with Crippen molar-refractivity contribution in [2.75, 3.05) is 5.33 Å². The molecule has 0 radical (unpaired) electrons. The predicted molar refractivity (Wildman–Crippen MR) is 77.4 cm³/mol. The fraction of sp³-hybridized carbons (Fsp3) is 0.462. The van der Waals surface area contributed by atoms with E-state index >= 15 is 0 Å². The Morgan fingerprint density at radius 1 is 1.25 bits per heavy atom. The molecule has 0 saturated heterocycles. The molecule has 1 atom stereocenters. The van der Waals surface area contributed by atoms with Gasteiger partial charge in [-0.25, -0.2) is 0 Å². The lowest BCUT2D eigenvalue weighted by molar-refractivity contribution is -0.274. The summed E-state index contributed by atoms with van der Waals surface area (Å²) in [7, 11) is 0. The third-order valence-corrected chi connectivity index (χ3v) is 5.06. The van der Waals surface area contributed by atoms with Crippen LogP contribution in [0.2, 0.25) is 0 Å². The van der Waals surface area contributed by atoms with Gasteiger partial charge in [0.2, 0.25) is 0 Å². The molecule has 0 heterocycles. The van der Waals surface area contributed by atoms with Gasteiger partial charge in [0.15, 0.2) is 0 Å². The Morgan fingerprint density at radius 2 is 1.75 bits per heavy atom. The number of ether oxygens (including phenoxy) is 1. The molecule has 0 aliphatic rings. The highest BCUT2D eigenvalue weighted by Crippen LogP contribution is 2.42. The van der Waals surface area contributed by atoms with Crippen molar-refractivity contribution in [3.05, 3.63) is 29.8 Å². The summed E-state index contributed by atoms with van der Waals surface area (Å²) in [6.45, 7) is 3.55. The molecular formula is C13H13Br2F3O2. The Bertz CT molecular complexity index is 469. The molecule has 1 unspecified atom stereocenters. The number of rotatable bonds is 5.